The number of nitriles is 1. The van der Waals surface area contributed by atoms with Gasteiger partial charge in [0, 0.05) is 11.8 Å². The summed E-state index contributed by atoms with van der Waals surface area (Å²) >= 11 is 1.26. The van der Waals surface area contributed by atoms with Crippen molar-refractivity contribution < 1.29 is 9.53 Å². The lowest BCUT2D eigenvalue weighted by atomic mass is 10.2. The summed E-state index contributed by atoms with van der Waals surface area (Å²) in [6, 6.07) is 12.6. The number of nitrogens with one attached hydrogen (secondary N) is 1. The van der Waals surface area contributed by atoms with Crippen LogP contribution < -0.4 is 10.1 Å². The lowest BCUT2D eigenvalue weighted by Gasteiger charge is -2.09. The second kappa shape index (κ2) is 6.98. The van der Waals surface area contributed by atoms with Gasteiger partial charge in [-0.05, 0) is 23.6 Å². The quantitative estimate of drug-likeness (QED) is 0.775. The van der Waals surface area contributed by atoms with Crippen molar-refractivity contribution in [3.8, 4) is 17.5 Å². The zero-order chi connectivity index (χ0) is 16.9. The summed E-state index contributed by atoms with van der Waals surface area (Å²) < 4.78 is 6.80. The third-order valence-corrected chi connectivity index (χ3v) is 4.31. The van der Waals surface area contributed by atoms with Crippen LogP contribution >= 0.6 is 11.3 Å². The van der Waals surface area contributed by atoms with Crippen molar-refractivity contribution in [1.82, 2.24) is 15.1 Å². The summed E-state index contributed by atoms with van der Waals surface area (Å²) in [6.45, 7) is 0. The highest BCUT2D eigenvalue weighted by molar-refractivity contribution is 7.12. The predicted octanol–water partition coefficient (Wildman–Crippen LogP) is 2.94. The molecule has 2 aromatic heterocycles. The second-order valence-electron chi connectivity index (χ2n) is 4.91. The Balaban J connectivity index is 1.79. The van der Waals surface area contributed by atoms with Crippen molar-refractivity contribution in [3.63, 3.8) is 0 Å². The number of amides is 1. The average Bonchev–Trinajstić information content (AvgIpc) is 3.29. The Labute approximate surface area is 142 Å². The molecule has 1 unspecified atom stereocenters. The van der Waals surface area contributed by atoms with Gasteiger partial charge in [0.05, 0.1) is 25.1 Å². The Kier molecular flexibility index (Phi) is 4.59. The van der Waals surface area contributed by atoms with Gasteiger partial charge in [-0.1, -0.05) is 18.2 Å². The third kappa shape index (κ3) is 3.14. The first-order valence-electron chi connectivity index (χ1n) is 7.15. The molecule has 1 amide bonds. The number of nitrogens with zero attached hydrogens (tertiary/aromatic N) is 3. The van der Waals surface area contributed by atoms with Crippen molar-refractivity contribution >= 4 is 17.2 Å². The molecule has 0 saturated carbocycles. The fourth-order valence-corrected chi connectivity index (χ4v) is 2.98. The van der Waals surface area contributed by atoms with E-state index in [-0.39, 0.29) is 5.91 Å². The number of thiophene rings is 1. The molecule has 120 valence electrons. The van der Waals surface area contributed by atoms with Gasteiger partial charge in [-0.3, -0.25) is 4.79 Å². The molecule has 3 aromatic rings. The van der Waals surface area contributed by atoms with Crippen LogP contribution in [-0.4, -0.2) is 22.8 Å². The Morgan fingerprint density at radius 2 is 2.17 bits per heavy atom. The van der Waals surface area contributed by atoms with Crippen LogP contribution in [0.4, 0.5) is 0 Å². The van der Waals surface area contributed by atoms with Crippen LogP contribution in [0, 0.1) is 11.3 Å². The number of methoxy groups -OCH3 is 1. The number of ether oxygens (including phenoxy) is 1. The molecule has 7 heteroatoms. The number of rotatable bonds is 5. The fourth-order valence-electron chi connectivity index (χ4n) is 2.22. The lowest BCUT2D eigenvalue weighted by molar-refractivity contribution is 0.0946. The summed E-state index contributed by atoms with van der Waals surface area (Å²) in [7, 11) is 1.50. The third-order valence-electron chi connectivity index (χ3n) is 3.42. The Bertz CT molecular complexity index is 879. The van der Waals surface area contributed by atoms with Crippen LogP contribution in [0.1, 0.15) is 21.3 Å². The van der Waals surface area contributed by atoms with Crippen molar-refractivity contribution in [3.05, 3.63) is 64.6 Å². The van der Waals surface area contributed by atoms with Gasteiger partial charge in [-0.25, -0.2) is 4.68 Å². The van der Waals surface area contributed by atoms with Gasteiger partial charge < -0.3 is 10.1 Å². The number of aromatic nitrogens is 2. The standard InChI is InChI=1S/C17H14N4O2S/c1-23-15-7-8-24-16(15)17(22)20-14(9-18)12-10-19-21(11-12)13-5-3-2-4-6-13/h2-8,10-11,14H,1H3,(H,20,22). The molecule has 1 aromatic carbocycles. The van der Waals surface area contributed by atoms with Gasteiger partial charge >= 0.3 is 0 Å². The number of benzene rings is 1. The van der Waals surface area contributed by atoms with Crippen LogP contribution in [0.25, 0.3) is 5.69 Å². The molecular formula is C17H14N4O2S. The average molecular weight is 338 g/mol. The number of carbonyl (C=O) groups excluding carboxylic acids is 1. The second-order valence-corrected chi connectivity index (χ2v) is 5.82. The van der Waals surface area contributed by atoms with Gasteiger partial charge in [0.2, 0.25) is 0 Å². The number of carbonyl (C=O) groups is 1. The molecule has 0 fully saturated rings. The molecule has 0 saturated heterocycles. The lowest BCUT2D eigenvalue weighted by Crippen LogP contribution is -2.27. The summed E-state index contributed by atoms with van der Waals surface area (Å²) in [5.41, 5.74) is 1.50. The molecule has 0 aliphatic heterocycles. The number of para-hydroxylation sites is 1. The van der Waals surface area contributed by atoms with E-state index in [2.05, 4.69) is 16.5 Å². The smallest absolute Gasteiger partial charge is 0.266 e. The highest BCUT2D eigenvalue weighted by Gasteiger charge is 2.20. The van der Waals surface area contributed by atoms with Crippen LogP contribution in [0.5, 0.6) is 5.75 Å². The van der Waals surface area contributed by atoms with Crippen LogP contribution in [-0.2, 0) is 0 Å². The molecule has 1 atom stereocenters. The maximum atomic E-state index is 12.3. The van der Waals surface area contributed by atoms with Crippen molar-refractivity contribution in [2.45, 2.75) is 6.04 Å². The number of hydrogen-bond donors (Lipinski definition) is 1. The van der Waals surface area contributed by atoms with Crippen molar-refractivity contribution in [2.24, 2.45) is 0 Å². The first-order chi connectivity index (χ1) is 11.7. The summed E-state index contributed by atoms with van der Waals surface area (Å²) in [4.78, 5) is 12.8. The molecule has 0 radical (unpaired) electrons. The van der Waals surface area contributed by atoms with Gasteiger partial charge in [-0.15, -0.1) is 11.3 Å². The van der Waals surface area contributed by atoms with Gasteiger partial charge in [0.25, 0.3) is 5.91 Å². The highest BCUT2D eigenvalue weighted by atomic mass is 32.1. The fraction of sp³-hybridized carbons (Fsp3) is 0.118. The summed E-state index contributed by atoms with van der Waals surface area (Å²) in [5.74, 6) is 0.148. The Morgan fingerprint density at radius 1 is 1.38 bits per heavy atom. The Hall–Kier alpha value is -3.11. The van der Waals surface area contributed by atoms with Crippen molar-refractivity contribution in [2.75, 3.05) is 7.11 Å². The van der Waals surface area contributed by atoms with E-state index in [0.717, 1.165) is 5.69 Å². The monoisotopic (exact) mass is 338 g/mol. The van der Waals surface area contributed by atoms with Crippen molar-refractivity contribution in [1.29, 1.82) is 5.26 Å². The zero-order valence-corrected chi connectivity index (χ0v) is 13.7. The van der Waals surface area contributed by atoms with E-state index in [1.54, 1.807) is 28.5 Å². The maximum Gasteiger partial charge on any atom is 0.266 e. The number of hydrogen-bond acceptors (Lipinski definition) is 5. The van der Waals surface area contributed by atoms with Gasteiger partial charge in [0.15, 0.2) is 0 Å². The SMILES string of the molecule is COc1ccsc1C(=O)NC(C#N)c1cnn(-c2ccccc2)c1. The van der Waals surface area contributed by atoms with E-state index in [4.69, 9.17) is 4.74 Å². The highest BCUT2D eigenvalue weighted by Crippen LogP contribution is 2.25. The summed E-state index contributed by atoms with van der Waals surface area (Å²) in [6.07, 6.45) is 3.31. The minimum atomic E-state index is -0.790. The summed E-state index contributed by atoms with van der Waals surface area (Å²) in [5, 5.41) is 18.1. The van der Waals surface area contributed by atoms with E-state index in [1.165, 1.54) is 18.4 Å². The Morgan fingerprint density at radius 3 is 2.88 bits per heavy atom. The maximum absolute atomic E-state index is 12.3. The predicted molar refractivity (Wildman–Crippen MR) is 90.3 cm³/mol. The first kappa shape index (κ1) is 15.8. The molecule has 0 aliphatic rings. The van der Waals surface area contributed by atoms with E-state index >= 15 is 0 Å². The molecule has 2 heterocycles. The molecule has 0 bridgehead atoms. The van der Waals surface area contributed by atoms with E-state index in [0.29, 0.717) is 16.2 Å². The van der Waals surface area contributed by atoms with Crippen LogP contribution in [0.3, 0.4) is 0 Å². The van der Waals surface area contributed by atoms with Gasteiger partial charge in [0.1, 0.15) is 16.7 Å². The first-order valence-corrected chi connectivity index (χ1v) is 8.03. The van der Waals surface area contributed by atoms with E-state index < -0.39 is 6.04 Å². The van der Waals surface area contributed by atoms with Crippen LogP contribution in [0.15, 0.2) is 54.2 Å². The molecule has 0 spiro atoms. The normalized spacial score (nSPS) is 11.5. The molecular weight excluding hydrogens is 324 g/mol. The topological polar surface area (TPSA) is 79.9 Å². The minimum absolute atomic E-state index is 0.346. The molecule has 24 heavy (non-hydrogen) atoms. The largest absolute Gasteiger partial charge is 0.495 e. The zero-order valence-electron chi connectivity index (χ0n) is 12.8. The molecule has 6 nitrogen and oxygen atoms in total. The van der Waals surface area contributed by atoms with Gasteiger partial charge in [-0.2, -0.15) is 10.4 Å². The molecule has 1 N–H and O–H groups in total. The van der Waals surface area contributed by atoms with Crippen LogP contribution in [0.2, 0.25) is 0 Å². The van der Waals surface area contributed by atoms with E-state index in [1.807, 2.05) is 30.3 Å². The molecule has 3 rings (SSSR count). The molecule has 0 aliphatic carbocycles. The minimum Gasteiger partial charge on any atom is -0.495 e. The van der Waals surface area contributed by atoms with E-state index in [9.17, 15) is 10.1 Å².